The largest absolute Gasteiger partial charge is 0.459 e. The van der Waals surface area contributed by atoms with Gasteiger partial charge in [-0.15, -0.1) is 13.2 Å². The van der Waals surface area contributed by atoms with Crippen molar-refractivity contribution >= 4 is 28.7 Å². The maximum absolute atomic E-state index is 15.1. The van der Waals surface area contributed by atoms with Crippen molar-refractivity contribution in [1.29, 1.82) is 0 Å². The van der Waals surface area contributed by atoms with Gasteiger partial charge in [-0.25, -0.2) is 9.59 Å². The molecule has 12 heteroatoms. The number of nitrogens with zero attached hydrogens (tertiary/aromatic N) is 2. The summed E-state index contributed by atoms with van der Waals surface area (Å²) in [5.74, 6) is -1.52. The molecule has 1 saturated carbocycles. The minimum atomic E-state index is -1.53. The Balaban J connectivity index is 1.32. The first-order chi connectivity index (χ1) is 36.8. The van der Waals surface area contributed by atoms with Gasteiger partial charge in [-0.05, 0) is 96.0 Å². The number of nitrogens with one attached hydrogen (secondary N) is 1. The number of ether oxygens (including phenoxy) is 4. The van der Waals surface area contributed by atoms with Crippen LogP contribution in [0, 0.1) is 17.8 Å². The Bertz CT molecular complexity index is 2490. The Labute approximate surface area is 446 Å². The van der Waals surface area contributed by atoms with Crippen LogP contribution in [0.15, 0.2) is 133 Å². The molecule has 1 fully saturated rings. The van der Waals surface area contributed by atoms with Crippen molar-refractivity contribution in [2.75, 3.05) is 33.0 Å². The van der Waals surface area contributed by atoms with Crippen LogP contribution in [0.25, 0.3) is 10.8 Å². The van der Waals surface area contributed by atoms with E-state index in [0.717, 1.165) is 78.0 Å². The highest BCUT2D eigenvalue weighted by atomic mass is 16.7. The third kappa shape index (κ3) is 15.1. The fourth-order valence-electron chi connectivity index (χ4n) is 11.6. The first-order valence-electron chi connectivity index (χ1n) is 28.1. The summed E-state index contributed by atoms with van der Waals surface area (Å²) in [4.78, 5) is 36.7. The molecule has 0 bridgehead atoms. The monoisotopic (exact) mass is 1030 g/mol. The Kier molecular flexibility index (Phi) is 22.7. The van der Waals surface area contributed by atoms with Crippen LogP contribution in [0.4, 0.5) is 9.59 Å². The number of aliphatic hydroxyl groups is 2. The third-order valence-corrected chi connectivity index (χ3v) is 15.3. The number of hydrogen-bond donors (Lipinski definition) is 3. The summed E-state index contributed by atoms with van der Waals surface area (Å²) < 4.78 is 26.9. The normalized spacial score (nSPS) is 21.0. The molecular formula is C63H83N3O9. The van der Waals surface area contributed by atoms with Crippen molar-refractivity contribution in [2.45, 2.75) is 153 Å². The van der Waals surface area contributed by atoms with E-state index < -0.39 is 29.9 Å². The van der Waals surface area contributed by atoms with Crippen molar-refractivity contribution in [2.24, 2.45) is 22.9 Å². The predicted molar refractivity (Wildman–Crippen MR) is 298 cm³/mol. The number of aliphatic hydroxyl groups excluding tert-OH is 2. The number of benzene rings is 4. The lowest BCUT2D eigenvalue weighted by Crippen LogP contribution is -2.70. The summed E-state index contributed by atoms with van der Waals surface area (Å²) >= 11 is 0. The zero-order valence-corrected chi connectivity index (χ0v) is 44.5. The number of allylic oxidation sites excluding steroid dienone is 1. The molecule has 0 aromatic heterocycles. The summed E-state index contributed by atoms with van der Waals surface area (Å²) in [6.07, 6.45) is 21.8. The number of carbonyl (C=O) groups excluding carboxylic acids is 2. The van der Waals surface area contributed by atoms with E-state index >= 15 is 4.79 Å². The molecular weight excluding hydrogens is 943 g/mol. The second-order valence-electron chi connectivity index (χ2n) is 20.5. The molecule has 1 heterocycles. The van der Waals surface area contributed by atoms with Crippen molar-refractivity contribution < 1.29 is 43.6 Å². The van der Waals surface area contributed by atoms with E-state index in [9.17, 15) is 15.0 Å². The first kappa shape index (κ1) is 56.8. The summed E-state index contributed by atoms with van der Waals surface area (Å²) in [6.45, 7) is 11.5. The molecule has 0 saturated heterocycles. The summed E-state index contributed by atoms with van der Waals surface area (Å²) in [5.41, 5.74) is 4.29. The Morgan fingerprint density at radius 2 is 1.55 bits per heavy atom. The minimum Gasteiger partial charge on any atom is -0.459 e. The van der Waals surface area contributed by atoms with Crippen molar-refractivity contribution in [3.8, 4) is 11.5 Å². The van der Waals surface area contributed by atoms with E-state index in [1.807, 2.05) is 66.7 Å². The topological polar surface area (TPSA) is 148 Å². The van der Waals surface area contributed by atoms with Gasteiger partial charge >= 0.3 is 12.2 Å². The number of unbranched alkanes of at least 4 members (excludes halogenated alkanes) is 11. The van der Waals surface area contributed by atoms with Gasteiger partial charge in [-0.2, -0.15) is 0 Å². The molecule has 0 radical (unpaired) electrons. The number of hydrogen-bond acceptors (Lipinski definition) is 10. The van der Waals surface area contributed by atoms with Crippen LogP contribution < -0.4 is 14.8 Å². The zero-order valence-electron chi connectivity index (χ0n) is 44.5. The quantitative estimate of drug-likeness (QED) is 0.0247. The van der Waals surface area contributed by atoms with Crippen LogP contribution in [0.2, 0.25) is 0 Å². The van der Waals surface area contributed by atoms with Crippen LogP contribution in [0.5, 0.6) is 11.5 Å². The third-order valence-electron chi connectivity index (χ3n) is 15.3. The highest BCUT2D eigenvalue weighted by Crippen LogP contribution is 2.62. The van der Waals surface area contributed by atoms with Gasteiger partial charge in [0.15, 0.2) is 0 Å². The van der Waals surface area contributed by atoms with E-state index in [0.29, 0.717) is 43.0 Å². The van der Waals surface area contributed by atoms with E-state index in [2.05, 4.69) is 49.7 Å². The number of rotatable bonds is 32. The Morgan fingerprint density at radius 3 is 2.29 bits per heavy atom. The number of fused-ring (bicyclic) bond motifs is 3. The van der Waals surface area contributed by atoms with Gasteiger partial charge in [-0.3, -0.25) is 4.90 Å². The van der Waals surface area contributed by atoms with Gasteiger partial charge < -0.3 is 39.3 Å². The van der Waals surface area contributed by atoms with E-state index in [1.54, 1.807) is 23.1 Å². The van der Waals surface area contributed by atoms with Gasteiger partial charge in [0.1, 0.15) is 24.1 Å². The minimum absolute atomic E-state index is 0.00927. The van der Waals surface area contributed by atoms with Crippen LogP contribution in [-0.4, -0.2) is 77.8 Å². The second kappa shape index (κ2) is 30.0. The number of oxime groups is 1. The molecule has 7 rings (SSSR count). The van der Waals surface area contributed by atoms with Gasteiger partial charge in [0.25, 0.3) is 0 Å². The summed E-state index contributed by atoms with van der Waals surface area (Å²) in [6, 6.07) is 28.9. The lowest BCUT2D eigenvalue weighted by molar-refractivity contribution is -0.256. The predicted octanol–water partition coefficient (Wildman–Crippen LogP) is 13.9. The molecule has 2 amide bonds. The second-order valence-corrected chi connectivity index (χ2v) is 20.5. The van der Waals surface area contributed by atoms with E-state index in [4.69, 9.17) is 28.9 Å². The van der Waals surface area contributed by atoms with E-state index in [-0.39, 0.29) is 63.8 Å². The first-order valence-corrected chi connectivity index (χ1v) is 28.1. The molecule has 6 unspecified atom stereocenters. The average Bonchev–Trinajstić information content (AvgIpc) is 3.46. The molecule has 3 aliphatic rings. The Hall–Kier alpha value is -5.95. The molecule has 2 aliphatic carbocycles. The molecule has 0 spiro atoms. The molecule has 4 aromatic carbocycles. The summed E-state index contributed by atoms with van der Waals surface area (Å²) in [5, 5.41) is 30.2. The maximum Gasteiger partial charge on any atom is 0.412 e. The van der Waals surface area contributed by atoms with Crippen molar-refractivity contribution in [3.63, 3.8) is 0 Å². The summed E-state index contributed by atoms with van der Waals surface area (Å²) in [7, 11) is 0. The lowest BCUT2D eigenvalue weighted by Gasteiger charge is -2.59. The molecule has 75 heavy (non-hydrogen) atoms. The maximum atomic E-state index is 15.1. The highest BCUT2D eigenvalue weighted by molar-refractivity contribution is 6.03. The van der Waals surface area contributed by atoms with Crippen molar-refractivity contribution in [3.05, 3.63) is 145 Å². The SMILES string of the molecule is C=CCCOC(=O)N(Cc1cccc2ccccc12)C1CC(=NOCc2ccccc2)C2=CC(CCCCO)C(CCCCO)C3c4cc(OC(=O)NCCCCCCCCCCCC)ccc4OC1(OCC=C)C23. The van der Waals surface area contributed by atoms with Gasteiger partial charge in [0.2, 0.25) is 5.79 Å². The van der Waals surface area contributed by atoms with Crippen LogP contribution in [0.3, 0.4) is 0 Å². The number of carbonyl (C=O) groups is 2. The van der Waals surface area contributed by atoms with Crippen molar-refractivity contribution in [1.82, 2.24) is 10.2 Å². The van der Waals surface area contributed by atoms with Gasteiger partial charge in [0.05, 0.1) is 31.4 Å². The molecule has 404 valence electrons. The Morgan fingerprint density at radius 1 is 0.827 bits per heavy atom. The van der Waals surface area contributed by atoms with Gasteiger partial charge in [-0.1, -0.05) is 174 Å². The fourth-order valence-corrected chi connectivity index (χ4v) is 11.6. The molecule has 6 atom stereocenters. The molecule has 4 aromatic rings. The average molecular weight is 1030 g/mol. The molecule has 12 nitrogen and oxygen atoms in total. The van der Waals surface area contributed by atoms with Crippen LogP contribution in [-0.2, 0) is 27.5 Å². The molecule has 3 N–H and O–H groups in total. The van der Waals surface area contributed by atoms with Crippen LogP contribution in [0.1, 0.15) is 145 Å². The standard InChI is InChI=1S/C63H83N3O9/c1-4-7-9-10-11-12-13-14-15-23-37-64-61(69)74-51-35-36-57-55(43-51)59-53(34-22-25-39-68)49(30-21-24-38-67)42-54-56(65-73-46-47-27-17-16-18-28-47)44-58(63(75-57,60(54)59)72-40-6-3)66(62(70)71-41-8-5-2)45-50-32-26-31-48-29-19-20-33-52(48)50/h5-6,16-20,26-29,31-33,35-36,42-43,49,53,58-60,67-68H,2-4,7-15,21-25,30,34,37-41,44-46H2,1H3,(H,64,69). The fraction of sp³-hybridized carbons (Fsp3) is 0.508. The van der Waals surface area contributed by atoms with Crippen LogP contribution >= 0.6 is 0 Å². The number of amides is 2. The van der Waals surface area contributed by atoms with E-state index in [1.165, 1.54) is 44.9 Å². The smallest absolute Gasteiger partial charge is 0.412 e. The highest BCUT2D eigenvalue weighted by Gasteiger charge is 2.66. The van der Waals surface area contributed by atoms with Gasteiger partial charge in [0, 0.05) is 37.7 Å². The molecule has 1 aliphatic heterocycles. The zero-order chi connectivity index (χ0) is 52.7. The lowest BCUT2D eigenvalue weighted by atomic mass is 9.55.